The van der Waals surface area contributed by atoms with E-state index >= 15 is 0 Å². The molecular weight excluding hydrogens is 526 g/mol. The molecule has 154 valence electrons. The second-order valence-corrected chi connectivity index (χ2v) is 9.71. The van der Waals surface area contributed by atoms with Crippen molar-refractivity contribution in [3.63, 3.8) is 0 Å². The van der Waals surface area contributed by atoms with E-state index in [9.17, 15) is 4.79 Å². The van der Waals surface area contributed by atoms with E-state index in [0.29, 0.717) is 0 Å². The predicted octanol–water partition coefficient (Wildman–Crippen LogP) is 7.17. The Morgan fingerprint density at radius 2 is 1.03 bits per heavy atom. The summed E-state index contributed by atoms with van der Waals surface area (Å²) in [7, 11) is 0. The molecule has 0 bridgehead atoms. The lowest BCUT2D eigenvalue weighted by Crippen LogP contribution is -2.40. The minimum absolute atomic E-state index is 0.0478. The molecule has 2 aliphatic rings. The molecule has 4 heteroatoms. The Morgan fingerprint density at radius 3 is 1.66 bits per heavy atom. The Labute approximate surface area is 203 Å². The monoisotopic (exact) mass is 541 g/mol. The lowest BCUT2D eigenvalue weighted by atomic mass is 9.77. The molecular formula is C28H17Br2NO. The van der Waals surface area contributed by atoms with Crippen molar-refractivity contribution in [2.24, 2.45) is 0 Å². The summed E-state index contributed by atoms with van der Waals surface area (Å²) in [5.41, 5.74) is 7.53. The predicted molar refractivity (Wildman–Crippen MR) is 135 cm³/mol. The highest BCUT2D eigenvalue weighted by atomic mass is 79.9. The van der Waals surface area contributed by atoms with Gasteiger partial charge in [0, 0.05) is 20.1 Å². The van der Waals surface area contributed by atoms with Gasteiger partial charge in [0.25, 0.3) is 5.91 Å². The maximum Gasteiger partial charge on any atom is 0.252 e. The lowest BCUT2D eigenvalue weighted by molar-refractivity contribution is 0.0952. The van der Waals surface area contributed by atoms with Crippen LogP contribution in [-0.2, 0) is 5.54 Å². The van der Waals surface area contributed by atoms with Crippen molar-refractivity contribution >= 4 is 48.9 Å². The Balaban J connectivity index is 1.83. The first-order valence-corrected chi connectivity index (χ1v) is 12.0. The van der Waals surface area contributed by atoms with Crippen LogP contribution in [-0.4, -0.2) is 5.91 Å². The number of nitrogens with one attached hydrogen (secondary N) is 1. The highest BCUT2D eigenvalue weighted by molar-refractivity contribution is 9.10. The van der Waals surface area contributed by atoms with E-state index in [1.165, 1.54) is 0 Å². The smallest absolute Gasteiger partial charge is 0.252 e. The van der Waals surface area contributed by atoms with Gasteiger partial charge in [0.15, 0.2) is 0 Å². The van der Waals surface area contributed by atoms with Crippen LogP contribution in [0.25, 0.3) is 11.1 Å². The molecule has 0 saturated carbocycles. The zero-order valence-corrected chi connectivity index (χ0v) is 20.1. The fourth-order valence-electron chi connectivity index (χ4n) is 5.15. The number of fused-ring (bicyclic) bond motifs is 4. The van der Waals surface area contributed by atoms with Crippen LogP contribution < -0.4 is 5.32 Å². The van der Waals surface area contributed by atoms with Crippen LogP contribution in [0.1, 0.15) is 38.2 Å². The molecule has 4 aromatic carbocycles. The van der Waals surface area contributed by atoms with Gasteiger partial charge in [-0.3, -0.25) is 4.79 Å². The molecule has 0 saturated heterocycles. The molecule has 1 unspecified atom stereocenters. The van der Waals surface area contributed by atoms with Gasteiger partial charge in [0.2, 0.25) is 0 Å². The van der Waals surface area contributed by atoms with E-state index in [1.54, 1.807) is 0 Å². The molecule has 1 N–H and O–H groups in total. The molecule has 1 atom stereocenters. The third-order valence-electron chi connectivity index (χ3n) is 6.39. The van der Waals surface area contributed by atoms with Crippen molar-refractivity contribution in [2.75, 3.05) is 0 Å². The first kappa shape index (κ1) is 19.7. The molecule has 0 aromatic heterocycles. The van der Waals surface area contributed by atoms with Crippen LogP contribution in [0, 0.1) is 0 Å². The third-order valence-corrected chi connectivity index (χ3v) is 7.77. The number of rotatable bonds is 2. The van der Waals surface area contributed by atoms with Gasteiger partial charge in [-0.15, -0.1) is 0 Å². The van der Waals surface area contributed by atoms with Crippen LogP contribution >= 0.6 is 31.9 Å². The van der Waals surface area contributed by atoms with Gasteiger partial charge < -0.3 is 5.32 Å². The first-order chi connectivity index (χ1) is 15.6. The fourth-order valence-corrected chi connectivity index (χ4v) is 6.12. The van der Waals surface area contributed by atoms with Gasteiger partial charge in [-0.1, -0.05) is 111 Å². The molecule has 1 amide bonds. The summed E-state index contributed by atoms with van der Waals surface area (Å²) in [6, 6.07) is 32.8. The highest BCUT2D eigenvalue weighted by Crippen LogP contribution is 2.58. The van der Waals surface area contributed by atoms with E-state index < -0.39 is 5.54 Å². The fraction of sp³-hybridized carbons (Fsp3) is 0.0357. The zero-order valence-electron chi connectivity index (χ0n) is 16.9. The van der Waals surface area contributed by atoms with Gasteiger partial charge in [-0.25, -0.2) is 0 Å². The minimum Gasteiger partial charge on any atom is -0.334 e. The quantitative estimate of drug-likeness (QED) is 0.286. The summed E-state index contributed by atoms with van der Waals surface area (Å²) in [4.78, 5) is 13.3. The number of hydrogen-bond acceptors (Lipinski definition) is 1. The summed E-state index contributed by atoms with van der Waals surface area (Å²) >= 11 is 7.58. The first-order valence-electron chi connectivity index (χ1n) is 10.4. The Kier molecular flexibility index (Phi) is 4.49. The molecule has 2 nitrogen and oxygen atoms in total. The summed E-state index contributed by atoms with van der Waals surface area (Å²) in [6.07, 6.45) is 0. The molecule has 4 aromatic rings. The van der Waals surface area contributed by atoms with Crippen molar-refractivity contribution in [3.05, 3.63) is 139 Å². The molecule has 0 fully saturated rings. The van der Waals surface area contributed by atoms with Crippen LogP contribution in [0.15, 0.2) is 106 Å². The SMILES string of the molecule is O=C1NC2(C(c3ccccc3Br)=C(c3ccccc3Br)c3ccccc32)c2ccccc21. The van der Waals surface area contributed by atoms with Crippen molar-refractivity contribution < 1.29 is 4.79 Å². The maximum atomic E-state index is 13.3. The van der Waals surface area contributed by atoms with Crippen LogP contribution in [0.4, 0.5) is 0 Å². The number of benzene rings is 4. The highest BCUT2D eigenvalue weighted by Gasteiger charge is 2.53. The molecule has 1 spiro atoms. The van der Waals surface area contributed by atoms with Gasteiger partial charge in [-0.2, -0.15) is 0 Å². The van der Waals surface area contributed by atoms with Crippen molar-refractivity contribution in [2.45, 2.75) is 5.54 Å². The lowest BCUT2D eigenvalue weighted by Gasteiger charge is -2.31. The van der Waals surface area contributed by atoms with Crippen LogP contribution in [0.5, 0.6) is 0 Å². The molecule has 1 aliphatic heterocycles. The number of carbonyl (C=O) groups is 1. The zero-order chi connectivity index (χ0) is 21.9. The number of halogens is 2. The largest absolute Gasteiger partial charge is 0.334 e. The van der Waals surface area contributed by atoms with E-state index in [-0.39, 0.29) is 5.91 Å². The van der Waals surface area contributed by atoms with E-state index in [1.807, 2.05) is 42.5 Å². The number of hydrogen-bond donors (Lipinski definition) is 1. The molecule has 0 radical (unpaired) electrons. The summed E-state index contributed by atoms with van der Waals surface area (Å²) in [5.74, 6) is -0.0478. The molecule has 6 rings (SSSR count). The van der Waals surface area contributed by atoms with E-state index in [4.69, 9.17) is 0 Å². The maximum absolute atomic E-state index is 13.3. The number of carbonyl (C=O) groups excluding carboxylic acids is 1. The van der Waals surface area contributed by atoms with E-state index in [0.717, 1.165) is 53.5 Å². The molecule has 1 aliphatic carbocycles. The standard InChI is InChI=1S/C28H17Br2NO/c29-23-15-7-3-11-19(23)25-17-9-1-5-13-21(17)28(26(25)20-12-4-8-16-24(20)30)22-14-6-2-10-18(22)27(32)31-28/h1-16H,(H,31,32). The Hall–Kier alpha value is -2.95. The summed E-state index contributed by atoms with van der Waals surface area (Å²) in [6.45, 7) is 0. The van der Waals surface area contributed by atoms with Gasteiger partial charge >= 0.3 is 0 Å². The average molecular weight is 543 g/mol. The Morgan fingerprint density at radius 1 is 0.562 bits per heavy atom. The van der Waals surface area contributed by atoms with Crippen molar-refractivity contribution in [3.8, 4) is 0 Å². The normalized spacial score (nSPS) is 18.6. The second-order valence-electron chi connectivity index (χ2n) is 8.00. The topological polar surface area (TPSA) is 29.1 Å². The third kappa shape index (κ3) is 2.60. The number of amides is 1. The summed E-state index contributed by atoms with van der Waals surface area (Å²) < 4.78 is 2.01. The average Bonchev–Trinajstić information content (AvgIpc) is 3.27. The second kappa shape index (κ2) is 7.29. The van der Waals surface area contributed by atoms with Crippen molar-refractivity contribution in [1.82, 2.24) is 5.32 Å². The van der Waals surface area contributed by atoms with Crippen molar-refractivity contribution in [1.29, 1.82) is 0 Å². The van der Waals surface area contributed by atoms with E-state index in [2.05, 4.69) is 91.8 Å². The van der Waals surface area contributed by atoms with Crippen LogP contribution in [0.3, 0.4) is 0 Å². The van der Waals surface area contributed by atoms with Crippen LogP contribution in [0.2, 0.25) is 0 Å². The summed E-state index contributed by atoms with van der Waals surface area (Å²) in [5, 5.41) is 3.41. The molecule has 32 heavy (non-hydrogen) atoms. The van der Waals surface area contributed by atoms with Gasteiger partial charge in [0.05, 0.1) is 0 Å². The molecule has 1 heterocycles. The van der Waals surface area contributed by atoms with Gasteiger partial charge in [0.1, 0.15) is 5.54 Å². The Bertz CT molecular complexity index is 1460. The minimum atomic E-state index is -0.765. The van der Waals surface area contributed by atoms with Gasteiger partial charge in [-0.05, 0) is 51.6 Å².